The van der Waals surface area contributed by atoms with E-state index in [2.05, 4.69) is 50.1 Å². The van der Waals surface area contributed by atoms with Crippen molar-refractivity contribution in [2.75, 3.05) is 6.54 Å². The van der Waals surface area contributed by atoms with Gasteiger partial charge in [-0.05, 0) is 36.9 Å². The van der Waals surface area contributed by atoms with Crippen molar-refractivity contribution in [1.29, 1.82) is 0 Å². The van der Waals surface area contributed by atoms with Gasteiger partial charge in [-0.2, -0.15) is 0 Å². The molecule has 0 saturated carbocycles. The lowest BCUT2D eigenvalue weighted by molar-refractivity contribution is 0.318. The predicted octanol–water partition coefficient (Wildman–Crippen LogP) is 4.38. The zero-order valence-corrected chi connectivity index (χ0v) is 13.8. The normalized spacial score (nSPS) is 14.2. The second-order valence-electron chi connectivity index (χ2n) is 5.69. The average Bonchev–Trinajstić information content (AvgIpc) is 2.49. The molecule has 0 aliphatic rings. The summed E-state index contributed by atoms with van der Waals surface area (Å²) in [5.41, 5.74) is 2.55. The Morgan fingerprint density at radius 1 is 1.15 bits per heavy atom. The molecular formula is C18H32N2. The second kappa shape index (κ2) is 9.93. The fraction of sp³-hybridized carbons (Fsp3) is 0.722. The van der Waals surface area contributed by atoms with Gasteiger partial charge in [-0.15, -0.1) is 0 Å². The summed E-state index contributed by atoms with van der Waals surface area (Å²) in [6.07, 6.45) is 9.37. The first-order valence-corrected chi connectivity index (χ1v) is 8.42. The van der Waals surface area contributed by atoms with Crippen LogP contribution in [0.1, 0.15) is 64.6 Å². The number of nitrogens with zero attached hydrogens (tertiary/aromatic N) is 1. The molecule has 0 bridgehead atoms. The summed E-state index contributed by atoms with van der Waals surface area (Å²) in [4.78, 5) is 4.63. The van der Waals surface area contributed by atoms with Crippen molar-refractivity contribution in [2.24, 2.45) is 5.92 Å². The van der Waals surface area contributed by atoms with Crippen molar-refractivity contribution < 1.29 is 0 Å². The van der Waals surface area contributed by atoms with Crippen LogP contribution in [0.3, 0.4) is 0 Å². The maximum Gasteiger partial charge on any atom is 0.0419 e. The maximum absolute atomic E-state index is 4.63. The lowest BCUT2D eigenvalue weighted by atomic mass is 9.88. The van der Waals surface area contributed by atoms with Crippen LogP contribution in [0.25, 0.3) is 0 Å². The molecule has 20 heavy (non-hydrogen) atoms. The average molecular weight is 276 g/mol. The third kappa shape index (κ3) is 5.62. The van der Waals surface area contributed by atoms with Gasteiger partial charge in [0, 0.05) is 24.4 Å². The molecule has 1 aromatic rings. The van der Waals surface area contributed by atoms with Gasteiger partial charge in [0.2, 0.25) is 0 Å². The Hall–Kier alpha value is -0.890. The van der Waals surface area contributed by atoms with E-state index in [1.807, 2.05) is 6.20 Å². The number of rotatable bonds is 10. The Morgan fingerprint density at radius 2 is 1.95 bits per heavy atom. The minimum Gasteiger partial charge on any atom is -0.314 e. The summed E-state index contributed by atoms with van der Waals surface area (Å²) in [6, 6.07) is 4.99. The van der Waals surface area contributed by atoms with Crippen LogP contribution >= 0.6 is 0 Å². The number of aromatic nitrogens is 1. The highest BCUT2D eigenvalue weighted by Crippen LogP contribution is 2.20. The molecule has 2 atom stereocenters. The molecule has 114 valence electrons. The molecule has 0 amide bonds. The molecule has 0 aromatic carbocycles. The number of nitrogens with one attached hydrogen (secondary N) is 1. The summed E-state index contributed by atoms with van der Waals surface area (Å²) in [5, 5.41) is 3.68. The standard InChI is InChI=1S/C18H32N2/c1-5-9-10-16(7-3)18(19-8-4)13-17-12-11-15(6-2)14-20-17/h11-12,14,16,18-19H,5-10,13H2,1-4H3. The van der Waals surface area contributed by atoms with Crippen LogP contribution in [0.15, 0.2) is 18.3 Å². The van der Waals surface area contributed by atoms with E-state index in [0.717, 1.165) is 25.3 Å². The molecule has 1 rings (SSSR count). The number of likely N-dealkylation sites (N-methyl/N-ethyl adjacent to an activating group) is 1. The quantitative estimate of drug-likeness (QED) is 0.686. The van der Waals surface area contributed by atoms with Crippen LogP contribution in [-0.2, 0) is 12.8 Å². The summed E-state index contributed by atoms with van der Waals surface area (Å²) < 4.78 is 0. The van der Waals surface area contributed by atoms with Crippen molar-refractivity contribution in [1.82, 2.24) is 10.3 Å². The van der Waals surface area contributed by atoms with Crippen molar-refractivity contribution in [2.45, 2.75) is 72.3 Å². The first kappa shape index (κ1) is 17.2. The smallest absolute Gasteiger partial charge is 0.0419 e. The lowest BCUT2D eigenvalue weighted by Gasteiger charge is -2.27. The predicted molar refractivity (Wildman–Crippen MR) is 88.1 cm³/mol. The molecule has 2 heteroatoms. The molecule has 0 aliphatic heterocycles. The zero-order chi connectivity index (χ0) is 14.8. The van der Waals surface area contributed by atoms with E-state index in [0.29, 0.717) is 6.04 Å². The second-order valence-corrected chi connectivity index (χ2v) is 5.69. The van der Waals surface area contributed by atoms with Gasteiger partial charge >= 0.3 is 0 Å². The van der Waals surface area contributed by atoms with Crippen LogP contribution in [0.5, 0.6) is 0 Å². The molecular weight excluding hydrogens is 244 g/mol. The third-order valence-corrected chi connectivity index (χ3v) is 4.21. The van der Waals surface area contributed by atoms with E-state index >= 15 is 0 Å². The van der Waals surface area contributed by atoms with E-state index in [-0.39, 0.29) is 0 Å². The van der Waals surface area contributed by atoms with Crippen molar-refractivity contribution in [3.8, 4) is 0 Å². The highest BCUT2D eigenvalue weighted by atomic mass is 14.9. The summed E-state index contributed by atoms with van der Waals surface area (Å²) in [7, 11) is 0. The molecule has 1 heterocycles. The molecule has 0 spiro atoms. The first-order valence-electron chi connectivity index (χ1n) is 8.42. The summed E-state index contributed by atoms with van der Waals surface area (Å²) in [6.45, 7) is 10.0. The summed E-state index contributed by atoms with van der Waals surface area (Å²) >= 11 is 0. The monoisotopic (exact) mass is 276 g/mol. The van der Waals surface area contributed by atoms with Crippen molar-refractivity contribution in [3.05, 3.63) is 29.6 Å². The van der Waals surface area contributed by atoms with Gasteiger partial charge in [-0.3, -0.25) is 4.98 Å². The summed E-state index contributed by atoms with van der Waals surface area (Å²) in [5.74, 6) is 0.766. The molecule has 0 fully saturated rings. The number of unbranched alkanes of at least 4 members (excludes halogenated alkanes) is 1. The number of pyridine rings is 1. The molecule has 2 nitrogen and oxygen atoms in total. The van der Waals surface area contributed by atoms with Crippen molar-refractivity contribution >= 4 is 0 Å². The van der Waals surface area contributed by atoms with Gasteiger partial charge in [0.15, 0.2) is 0 Å². The minimum atomic E-state index is 0.566. The van der Waals surface area contributed by atoms with Gasteiger partial charge in [0.25, 0.3) is 0 Å². The van der Waals surface area contributed by atoms with Gasteiger partial charge in [0.1, 0.15) is 0 Å². The highest BCUT2D eigenvalue weighted by Gasteiger charge is 2.19. The third-order valence-electron chi connectivity index (χ3n) is 4.21. The van der Waals surface area contributed by atoms with Crippen LogP contribution in [0.2, 0.25) is 0 Å². The fourth-order valence-corrected chi connectivity index (χ4v) is 2.83. The van der Waals surface area contributed by atoms with Gasteiger partial charge in [-0.25, -0.2) is 0 Å². The Kier molecular flexibility index (Phi) is 8.52. The van der Waals surface area contributed by atoms with Gasteiger partial charge in [0.05, 0.1) is 0 Å². The van der Waals surface area contributed by atoms with E-state index < -0.39 is 0 Å². The van der Waals surface area contributed by atoms with Gasteiger partial charge < -0.3 is 5.32 Å². The first-order chi connectivity index (χ1) is 9.74. The molecule has 1 N–H and O–H groups in total. The van der Waals surface area contributed by atoms with Crippen molar-refractivity contribution in [3.63, 3.8) is 0 Å². The number of hydrogen-bond donors (Lipinski definition) is 1. The van der Waals surface area contributed by atoms with Crippen LogP contribution in [0, 0.1) is 5.92 Å². The van der Waals surface area contributed by atoms with Crippen LogP contribution in [-0.4, -0.2) is 17.6 Å². The maximum atomic E-state index is 4.63. The molecule has 2 unspecified atom stereocenters. The van der Waals surface area contributed by atoms with Gasteiger partial charge in [-0.1, -0.05) is 53.0 Å². The molecule has 0 saturated heterocycles. The Bertz CT molecular complexity index is 345. The van der Waals surface area contributed by atoms with E-state index in [9.17, 15) is 0 Å². The van der Waals surface area contributed by atoms with Crippen LogP contribution in [0.4, 0.5) is 0 Å². The Labute approximate surface area is 125 Å². The highest BCUT2D eigenvalue weighted by molar-refractivity contribution is 5.14. The van der Waals surface area contributed by atoms with E-state index in [1.165, 1.54) is 36.9 Å². The largest absolute Gasteiger partial charge is 0.314 e. The minimum absolute atomic E-state index is 0.566. The number of aryl methyl sites for hydroxylation is 1. The Balaban J connectivity index is 2.67. The molecule has 1 aromatic heterocycles. The number of hydrogen-bond acceptors (Lipinski definition) is 2. The zero-order valence-electron chi connectivity index (χ0n) is 13.8. The van der Waals surface area contributed by atoms with E-state index in [1.54, 1.807) is 0 Å². The fourth-order valence-electron chi connectivity index (χ4n) is 2.83. The van der Waals surface area contributed by atoms with E-state index in [4.69, 9.17) is 0 Å². The SMILES string of the molecule is CCCCC(CC)C(Cc1ccc(CC)cn1)NCC. The Morgan fingerprint density at radius 3 is 2.45 bits per heavy atom. The van der Waals surface area contributed by atoms with Crippen LogP contribution < -0.4 is 5.32 Å². The molecule has 0 radical (unpaired) electrons. The lowest BCUT2D eigenvalue weighted by Crippen LogP contribution is -2.38. The topological polar surface area (TPSA) is 24.9 Å². The molecule has 0 aliphatic carbocycles.